The number of para-hydroxylation sites is 1. The van der Waals surface area contributed by atoms with Crippen molar-refractivity contribution in [1.29, 1.82) is 0 Å². The molecule has 50 heavy (non-hydrogen) atoms. The van der Waals surface area contributed by atoms with Crippen molar-refractivity contribution in [3.05, 3.63) is 158 Å². The van der Waals surface area contributed by atoms with Gasteiger partial charge in [0.25, 0.3) is 0 Å². The van der Waals surface area contributed by atoms with Gasteiger partial charge in [-0.3, -0.25) is 15.0 Å². The monoisotopic (exact) mass is 638 g/mol. The Morgan fingerprint density at radius 3 is 1.66 bits per heavy atom. The lowest BCUT2D eigenvalue weighted by Crippen LogP contribution is -2.01. The quantitative estimate of drug-likeness (QED) is 0.179. The molecule has 232 valence electrons. The van der Waals surface area contributed by atoms with Crippen molar-refractivity contribution in [1.82, 2.24) is 29.9 Å². The summed E-state index contributed by atoms with van der Waals surface area (Å²) in [6.07, 6.45) is 5.45. The molecule has 0 unspecified atom stereocenters. The average Bonchev–Trinajstić information content (AvgIpc) is 3.20. The molecule has 0 fully saturated rings. The van der Waals surface area contributed by atoms with Gasteiger partial charge in [-0.25, -0.2) is 15.0 Å². The number of rotatable bonds is 4. The minimum Gasteiger partial charge on any atom is -0.256 e. The molecule has 0 atom stereocenters. The van der Waals surface area contributed by atoms with E-state index < -0.39 is 0 Å². The molecular weight excluding hydrogens is 613 g/mol. The normalized spacial score (nSPS) is 11.6. The number of fused-ring (bicyclic) bond motifs is 7. The number of pyridine rings is 3. The van der Waals surface area contributed by atoms with E-state index in [1.165, 1.54) is 5.39 Å². The third-order valence-corrected chi connectivity index (χ3v) is 9.43. The van der Waals surface area contributed by atoms with Crippen LogP contribution in [0.1, 0.15) is 0 Å². The third kappa shape index (κ3) is 4.58. The molecule has 10 rings (SSSR count). The minimum absolute atomic E-state index is 0.577. The van der Waals surface area contributed by atoms with Crippen molar-refractivity contribution in [2.75, 3.05) is 0 Å². The van der Waals surface area contributed by atoms with Crippen LogP contribution in [0.5, 0.6) is 0 Å². The second kappa shape index (κ2) is 11.4. The van der Waals surface area contributed by atoms with Gasteiger partial charge in [0.05, 0.1) is 16.6 Å². The lowest BCUT2D eigenvalue weighted by atomic mass is 9.96. The Hall–Kier alpha value is -6.92. The van der Waals surface area contributed by atoms with E-state index in [0.29, 0.717) is 17.5 Å². The lowest BCUT2D eigenvalue weighted by molar-refractivity contribution is 1.08. The van der Waals surface area contributed by atoms with Crippen LogP contribution >= 0.6 is 0 Å². The maximum atomic E-state index is 5.23. The smallest absolute Gasteiger partial charge is 0.164 e. The van der Waals surface area contributed by atoms with Crippen LogP contribution in [0.25, 0.3) is 99.5 Å². The summed E-state index contributed by atoms with van der Waals surface area (Å²) in [6, 6.07) is 48.0. The molecule has 4 aromatic heterocycles. The summed E-state index contributed by atoms with van der Waals surface area (Å²) >= 11 is 0. The molecule has 0 spiro atoms. The minimum atomic E-state index is 0.577. The van der Waals surface area contributed by atoms with Crippen LogP contribution < -0.4 is 0 Å². The summed E-state index contributed by atoms with van der Waals surface area (Å²) in [7, 11) is 0. The van der Waals surface area contributed by atoms with Crippen LogP contribution in [0.15, 0.2) is 158 Å². The number of hydrogen-bond acceptors (Lipinski definition) is 6. The molecule has 0 aliphatic rings. The van der Waals surface area contributed by atoms with Gasteiger partial charge in [0, 0.05) is 57.0 Å². The molecule has 0 saturated carbocycles. The SMILES string of the molecule is c1cnc2c(-c3ccc(-c4nc(-c5cc6ccccc6c6ccccc56)nc(-c5cc6cccnc6c6ncccc56)n4)cc3)cccc2c1. The molecule has 10 aromatic rings. The average molecular weight is 639 g/mol. The molecule has 0 saturated heterocycles. The first-order valence-corrected chi connectivity index (χ1v) is 16.5. The summed E-state index contributed by atoms with van der Waals surface area (Å²) in [6.45, 7) is 0. The maximum absolute atomic E-state index is 5.23. The van der Waals surface area contributed by atoms with Crippen LogP contribution in [0.2, 0.25) is 0 Å². The van der Waals surface area contributed by atoms with Gasteiger partial charge < -0.3 is 0 Å². The highest BCUT2D eigenvalue weighted by molar-refractivity contribution is 6.13. The lowest BCUT2D eigenvalue weighted by Gasteiger charge is -2.14. The first-order valence-electron chi connectivity index (χ1n) is 16.5. The second-order valence-corrected chi connectivity index (χ2v) is 12.4. The molecule has 0 radical (unpaired) electrons. The van der Waals surface area contributed by atoms with E-state index in [1.54, 1.807) is 12.4 Å². The highest BCUT2D eigenvalue weighted by atomic mass is 15.0. The van der Waals surface area contributed by atoms with E-state index in [-0.39, 0.29) is 0 Å². The molecule has 0 bridgehead atoms. The molecule has 4 heterocycles. The third-order valence-electron chi connectivity index (χ3n) is 9.43. The van der Waals surface area contributed by atoms with Gasteiger partial charge in [0.15, 0.2) is 17.5 Å². The predicted octanol–water partition coefficient (Wildman–Crippen LogP) is 10.5. The highest BCUT2D eigenvalue weighted by Crippen LogP contribution is 2.37. The van der Waals surface area contributed by atoms with Crippen molar-refractivity contribution < 1.29 is 0 Å². The number of benzene rings is 6. The fourth-order valence-corrected chi connectivity index (χ4v) is 7.08. The van der Waals surface area contributed by atoms with Crippen LogP contribution in [0.4, 0.5) is 0 Å². The topological polar surface area (TPSA) is 77.3 Å². The number of hydrogen-bond donors (Lipinski definition) is 0. The van der Waals surface area contributed by atoms with Crippen molar-refractivity contribution >= 4 is 54.3 Å². The van der Waals surface area contributed by atoms with E-state index in [4.69, 9.17) is 19.9 Å². The summed E-state index contributed by atoms with van der Waals surface area (Å²) in [5.74, 6) is 1.78. The van der Waals surface area contributed by atoms with Gasteiger partial charge in [0.2, 0.25) is 0 Å². The molecule has 0 amide bonds. The second-order valence-electron chi connectivity index (χ2n) is 12.4. The zero-order valence-corrected chi connectivity index (χ0v) is 26.7. The van der Waals surface area contributed by atoms with Gasteiger partial charge in [-0.15, -0.1) is 0 Å². The van der Waals surface area contributed by atoms with E-state index in [2.05, 4.69) is 131 Å². The first kappa shape index (κ1) is 28.1. The van der Waals surface area contributed by atoms with Gasteiger partial charge in [-0.05, 0) is 57.4 Å². The molecule has 0 N–H and O–H groups in total. The molecule has 0 aliphatic carbocycles. The highest BCUT2D eigenvalue weighted by Gasteiger charge is 2.19. The summed E-state index contributed by atoms with van der Waals surface area (Å²) in [5.41, 5.74) is 7.51. The molecule has 6 heteroatoms. The van der Waals surface area contributed by atoms with E-state index in [1.807, 2.05) is 24.4 Å². The number of nitrogens with zero attached hydrogens (tertiary/aromatic N) is 6. The zero-order valence-electron chi connectivity index (χ0n) is 26.7. The van der Waals surface area contributed by atoms with Gasteiger partial charge in [-0.1, -0.05) is 109 Å². The zero-order chi connectivity index (χ0) is 33.0. The van der Waals surface area contributed by atoms with Crippen LogP contribution in [0.3, 0.4) is 0 Å². The predicted molar refractivity (Wildman–Crippen MR) is 202 cm³/mol. The summed E-state index contributed by atoms with van der Waals surface area (Å²) in [5, 5.41) is 7.58. The van der Waals surface area contributed by atoms with E-state index in [0.717, 1.165) is 76.7 Å². The molecule has 6 aromatic carbocycles. The molecule has 6 nitrogen and oxygen atoms in total. The van der Waals surface area contributed by atoms with Gasteiger partial charge >= 0.3 is 0 Å². The Morgan fingerprint density at radius 1 is 0.300 bits per heavy atom. The maximum Gasteiger partial charge on any atom is 0.164 e. The molecular formula is C44H26N6. The largest absolute Gasteiger partial charge is 0.256 e. The van der Waals surface area contributed by atoms with Crippen LogP contribution in [0, 0.1) is 0 Å². The fourth-order valence-electron chi connectivity index (χ4n) is 7.08. The Morgan fingerprint density at radius 2 is 0.840 bits per heavy atom. The van der Waals surface area contributed by atoms with Crippen LogP contribution in [-0.4, -0.2) is 29.9 Å². The Bertz CT molecular complexity index is 2790. The Kier molecular flexibility index (Phi) is 6.39. The Labute approximate surface area is 286 Å². The fraction of sp³-hybridized carbons (Fsp3) is 0. The first-order chi connectivity index (χ1) is 24.8. The summed E-state index contributed by atoms with van der Waals surface area (Å²) in [4.78, 5) is 29.7. The van der Waals surface area contributed by atoms with Crippen molar-refractivity contribution in [3.8, 4) is 45.3 Å². The van der Waals surface area contributed by atoms with E-state index >= 15 is 0 Å². The van der Waals surface area contributed by atoms with E-state index in [9.17, 15) is 0 Å². The number of aromatic nitrogens is 6. The van der Waals surface area contributed by atoms with Gasteiger partial charge in [0.1, 0.15) is 0 Å². The summed E-state index contributed by atoms with van der Waals surface area (Å²) < 4.78 is 0. The van der Waals surface area contributed by atoms with Crippen molar-refractivity contribution in [2.45, 2.75) is 0 Å². The van der Waals surface area contributed by atoms with Crippen LogP contribution in [-0.2, 0) is 0 Å². The standard InChI is InChI=1S/C44H26N6/c1-2-13-32-30(9-1)25-37(35-15-4-3-14-34(32)35)43-48-42(29-20-18-27(19-21-29)33-16-5-10-28-11-6-22-45-39(28)33)49-44(50-43)38-26-31-12-7-23-46-40(31)41-36(38)17-8-24-47-41/h1-26H. The Balaban J connectivity index is 1.22. The molecule has 0 aliphatic heterocycles. The van der Waals surface area contributed by atoms with Gasteiger partial charge in [-0.2, -0.15) is 0 Å². The van der Waals surface area contributed by atoms with Crippen molar-refractivity contribution in [2.24, 2.45) is 0 Å². The van der Waals surface area contributed by atoms with Crippen molar-refractivity contribution in [3.63, 3.8) is 0 Å².